The van der Waals surface area contributed by atoms with Gasteiger partial charge in [0.05, 0.1) is 12.4 Å². The number of carboxylic acid groups (broad SMARTS) is 1. The lowest BCUT2D eigenvalue weighted by atomic mass is 10.1. The van der Waals surface area contributed by atoms with Crippen molar-refractivity contribution < 1.29 is 14.6 Å². The zero-order valence-electron chi connectivity index (χ0n) is 9.43. The van der Waals surface area contributed by atoms with Crippen molar-refractivity contribution in [1.29, 1.82) is 0 Å². The molecule has 1 unspecified atom stereocenters. The summed E-state index contributed by atoms with van der Waals surface area (Å²) in [5, 5.41) is 11.8. The molecule has 1 aliphatic heterocycles. The molecule has 2 N–H and O–H groups in total. The smallest absolute Gasteiger partial charge is 0.356 e. The van der Waals surface area contributed by atoms with E-state index in [1.54, 1.807) is 0 Å². The highest BCUT2D eigenvalue weighted by Crippen LogP contribution is 2.16. The highest BCUT2D eigenvalue weighted by atomic mass is 16.5. The van der Waals surface area contributed by atoms with Gasteiger partial charge in [-0.05, 0) is 18.8 Å². The Hall–Kier alpha value is -1.69. The first kappa shape index (κ1) is 11.8. The van der Waals surface area contributed by atoms with E-state index in [9.17, 15) is 4.79 Å². The van der Waals surface area contributed by atoms with E-state index in [2.05, 4.69) is 15.3 Å². The summed E-state index contributed by atoms with van der Waals surface area (Å²) in [6, 6.07) is 0. The van der Waals surface area contributed by atoms with E-state index >= 15 is 0 Å². The summed E-state index contributed by atoms with van der Waals surface area (Å²) in [6.45, 7) is 2.50. The summed E-state index contributed by atoms with van der Waals surface area (Å²) in [6.07, 6.45) is 4.84. The summed E-state index contributed by atoms with van der Waals surface area (Å²) in [7, 11) is 0. The van der Waals surface area contributed by atoms with Crippen LogP contribution in [0, 0.1) is 5.92 Å². The average molecular weight is 237 g/mol. The van der Waals surface area contributed by atoms with E-state index in [-0.39, 0.29) is 5.69 Å². The van der Waals surface area contributed by atoms with Crippen molar-refractivity contribution in [1.82, 2.24) is 9.97 Å². The van der Waals surface area contributed by atoms with Crippen molar-refractivity contribution in [2.45, 2.75) is 12.8 Å². The van der Waals surface area contributed by atoms with Crippen LogP contribution in [0.5, 0.6) is 0 Å². The summed E-state index contributed by atoms with van der Waals surface area (Å²) in [4.78, 5) is 18.3. The van der Waals surface area contributed by atoms with Crippen LogP contribution in [0.2, 0.25) is 0 Å². The number of aromatic carboxylic acids is 1. The number of anilines is 1. The molecule has 1 saturated heterocycles. The van der Waals surface area contributed by atoms with E-state index < -0.39 is 5.97 Å². The quantitative estimate of drug-likeness (QED) is 0.795. The van der Waals surface area contributed by atoms with Gasteiger partial charge in [-0.3, -0.25) is 0 Å². The van der Waals surface area contributed by atoms with Gasteiger partial charge in [-0.25, -0.2) is 14.8 Å². The second-order valence-electron chi connectivity index (χ2n) is 4.04. The van der Waals surface area contributed by atoms with Gasteiger partial charge < -0.3 is 15.2 Å². The molecular weight excluding hydrogens is 222 g/mol. The first-order valence-corrected chi connectivity index (χ1v) is 5.62. The molecule has 6 nitrogen and oxygen atoms in total. The van der Waals surface area contributed by atoms with Crippen LogP contribution in [0.4, 0.5) is 5.82 Å². The molecule has 0 aliphatic carbocycles. The number of carboxylic acids is 1. The fourth-order valence-electron chi connectivity index (χ4n) is 1.75. The van der Waals surface area contributed by atoms with Crippen LogP contribution in [0.1, 0.15) is 23.3 Å². The minimum Gasteiger partial charge on any atom is -0.476 e. The minimum absolute atomic E-state index is 0.0419. The Morgan fingerprint density at radius 1 is 1.53 bits per heavy atom. The average Bonchev–Trinajstić information content (AvgIpc) is 2.83. The van der Waals surface area contributed by atoms with Gasteiger partial charge in [0.25, 0.3) is 0 Å². The Bertz CT molecular complexity index is 374. The Morgan fingerprint density at radius 2 is 2.41 bits per heavy atom. The van der Waals surface area contributed by atoms with Gasteiger partial charge in [0.1, 0.15) is 5.82 Å². The maximum absolute atomic E-state index is 10.6. The predicted octanol–water partition coefficient (Wildman–Crippen LogP) is 1.01. The fraction of sp³-hybridized carbons (Fsp3) is 0.545. The number of nitrogens with one attached hydrogen (secondary N) is 1. The molecule has 1 aromatic rings. The van der Waals surface area contributed by atoms with Gasteiger partial charge in [0.15, 0.2) is 5.69 Å². The van der Waals surface area contributed by atoms with Crippen LogP contribution in [-0.4, -0.2) is 40.8 Å². The first-order chi connectivity index (χ1) is 8.25. The monoisotopic (exact) mass is 237 g/mol. The molecule has 1 aromatic heterocycles. The van der Waals surface area contributed by atoms with E-state index in [1.165, 1.54) is 12.4 Å². The van der Waals surface area contributed by atoms with E-state index in [0.29, 0.717) is 11.7 Å². The van der Waals surface area contributed by atoms with Gasteiger partial charge in [-0.15, -0.1) is 0 Å². The molecule has 0 bridgehead atoms. The van der Waals surface area contributed by atoms with E-state index in [1.807, 2.05) is 0 Å². The Morgan fingerprint density at radius 3 is 3.00 bits per heavy atom. The lowest BCUT2D eigenvalue weighted by molar-refractivity contribution is 0.0690. The molecule has 1 fully saturated rings. The summed E-state index contributed by atoms with van der Waals surface area (Å²) in [5.74, 6) is 0.162. The zero-order chi connectivity index (χ0) is 12.1. The Kier molecular flexibility index (Phi) is 3.87. The number of ether oxygens (including phenoxy) is 1. The van der Waals surface area contributed by atoms with Crippen LogP contribution in [0.3, 0.4) is 0 Å². The minimum atomic E-state index is -1.06. The third-order valence-electron chi connectivity index (χ3n) is 2.75. The number of nitrogens with zero attached hydrogens (tertiary/aromatic N) is 2. The molecule has 0 aromatic carbocycles. The normalized spacial score (nSPS) is 19.2. The fourth-order valence-corrected chi connectivity index (χ4v) is 1.75. The Labute approximate surface area is 99.0 Å². The lowest BCUT2D eigenvalue weighted by Crippen LogP contribution is -2.10. The van der Waals surface area contributed by atoms with Gasteiger partial charge in [-0.2, -0.15) is 0 Å². The maximum atomic E-state index is 10.6. The lowest BCUT2D eigenvalue weighted by Gasteiger charge is -2.08. The van der Waals surface area contributed by atoms with Crippen LogP contribution in [0.25, 0.3) is 0 Å². The van der Waals surface area contributed by atoms with E-state index in [4.69, 9.17) is 9.84 Å². The molecule has 17 heavy (non-hydrogen) atoms. The molecule has 2 heterocycles. The summed E-state index contributed by atoms with van der Waals surface area (Å²) < 4.78 is 5.28. The third-order valence-corrected chi connectivity index (χ3v) is 2.75. The first-order valence-electron chi connectivity index (χ1n) is 5.62. The van der Waals surface area contributed by atoms with Gasteiger partial charge in [0, 0.05) is 19.8 Å². The number of hydrogen-bond donors (Lipinski definition) is 2. The molecule has 1 aliphatic rings. The van der Waals surface area contributed by atoms with Crippen molar-refractivity contribution in [2.24, 2.45) is 5.92 Å². The van der Waals surface area contributed by atoms with Crippen LogP contribution in [-0.2, 0) is 4.74 Å². The highest BCUT2D eigenvalue weighted by molar-refractivity contribution is 5.84. The molecule has 6 heteroatoms. The Balaban J connectivity index is 1.76. The molecule has 2 rings (SSSR count). The topological polar surface area (TPSA) is 84.3 Å². The molecule has 0 radical (unpaired) electrons. The van der Waals surface area contributed by atoms with Crippen molar-refractivity contribution >= 4 is 11.8 Å². The van der Waals surface area contributed by atoms with Crippen molar-refractivity contribution in [2.75, 3.05) is 25.1 Å². The number of aromatic nitrogens is 2. The molecule has 1 atom stereocenters. The number of carbonyl (C=O) groups is 1. The zero-order valence-corrected chi connectivity index (χ0v) is 9.43. The van der Waals surface area contributed by atoms with Crippen LogP contribution < -0.4 is 5.32 Å². The maximum Gasteiger partial charge on any atom is 0.356 e. The molecular formula is C11H15N3O3. The van der Waals surface area contributed by atoms with Crippen molar-refractivity contribution in [3.63, 3.8) is 0 Å². The second kappa shape index (κ2) is 5.58. The molecule has 0 saturated carbocycles. The largest absolute Gasteiger partial charge is 0.476 e. The number of rotatable bonds is 5. The number of hydrogen-bond acceptors (Lipinski definition) is 5. The SMILES string of the molecule is O=C(O)c1cnc(NCCC2CCOC2)cn1. The summed E-state index contributed by atoms with van der Waals surface area (Å²) >= 11 is 0. The van der Waals surface area contributed by atoms with Gasteiger partial charge in [-0.1, -0.05) is 0 Å². The standard InChI is InChI=1S/C11H15N3O3/c15-11(16)9-5-14-10(6-13-9)12-3-1-8-2-4-17-7-8/h5-6,8H,1-4,7H2,(H,12,14)(H,15,16). The van der Waals surface area contributed by atoms with E-state index in [0.717, 1.165) is 32.6 Å². The second-order valence-corrected chi connectivity index (χ2v) is 4.04. The van der Waals surface area contributed by atoms with Gasteiger partial charge >= 0.3 is 5.97 Å². The molecule has 0 amide bonds. The van der Waals surface area contributed by atoms with Crippen LogP contribution in [0.15, 0.2) is 12.4 Å². The molecule has 0 spiro atoms. The van der Waals surface area contributed by atoms with Gasteiger partial charge in [0.2, 0.25) is 0 Å². The molecule has 92 valence electrons. The highest BCUT2D eigenvalue weighted by Gasteiger charge is 2.14. The third kappa shape index (κ3) is 3.39. The predicted molar refractivity (Wildman–Crippen MR) is 61.0 cm³/mol. The van der Waals surface area contributed by atoms with Crippen molar-refractivity contribution in [3.05, 3.63) is 18.1 Å². The van der Waals surface area contributed by atoms with Crippen molar-refractivity contribution in [3.8, 4) is 0 Å². The van der Waals surface area contributed by atoms with Crippen LogP contribution >= 0.6 is 0 Å². The summed E-state index contributed by atoms with van der Waals surface area (Å²) in [5.41, 5.74) is -0.0419.